The Hall–Kier alpha value is -2.97. The molecular weight excluding hydrogens is 552 g/mol. The quantitative estimate of drug-likeness (QED) is 0.174. The van der Waals surface area contributed by atoms with E-state index in [1.165, 1.54) is 12.1 Å². The van der Waals surface area contributed by atoms with E-state index < -0.39 is 4.92 Å². The van der Waals surface area contributed by atoms with Gasteiger partial charge in [-0.2, -0.15) is 0 Å². The molecule has 0 spiro atoms. The summed E-state index contributed by atoms with van der Waals surface area (Å²) in [7, 11) is 0. The largest absolute Gasteiger partial charge is 0.487 e. The zero-order valence-corrected chi connectivity index (χ0v) is 20.9. The van der Waals surface area contributed by atoms with Crippen LogP contribution in [0.2, 0.25) is 0 Å². The summed E-state index contributed by atoms with van der Waals surface area (Å²) >= 11 is 7.11. The Morgan fingerprint density at radius 2 is 1.79 bits per heavy atom. The van der Waals surface area contributed by atoms with Gasteiger partial charge in [-0.1, -0.05) is 37.3 Å². The lowest BCUT2D eigenvalue weighted by molar-refractivity contribution is -0.384. The number of nitrogens with zero attached hydrogens (tertiary/aromatic N) is 2. The van der Waals surface area contributed by atoms with E-state index >= 15 is 0 Å². The van der Waals surface area contributed by atoms with Crippen molar-refractivity contribution < 1.29 is 14.5 Å². The number of anilines is 1. The minimum atomic E-state index is -0.429. The van der Waals surface area contributed by atoms with Crippen LogP contribution in [0.15, 0.2) is 69.6 Å². The number of nitro groups is 1. The fourth-order valence-corrected chi connectivity index (χ4v) is 5.23. The highest BCUT2D eigenvalue weighted by Gasteiger charge is 2.31. The lowest BCUT2D eigenvalue weighted by Gasteiger charge is -2.15. The van der Waals surface area contributed by atoms with Crippen molar-refractivity contribution in [2.24, 2.45) is 0 Å². The van der Waals surface area contributed by atoms with Gasteiger partial charge in [0.05, 0.1) is 19.6 Å². The molecule has 3 aromatic carbocycles. The molecule has 0 saturated heterocycles. The maximum Gasteiger partial charge on any atom is 0.269 e. The fraction of sp³-hybridized carbons (Fsp3) is 0.160. The zero-order valence-electron chi connectivity index (χ0n) is 17.8. The number of hydrogen-bond acceptors (Lipinski definition) is 4. The molecule has 0 atom stereocenters. The Labute approximate surface area is 208 Å². The first-order chi connectivity index (χ1) is 15.9. The molecule has 0 bridgehead atoms. The predicted octanol–water partition coefficient (Wildman–Crippen LogP) is 7.00. The molecule has 0 unspecified atom stereocenters. The zero-order chi connectivity index (χ0) is 23.5. The van der Waals surface area contributed by atoms with Crippen LogP contribution in [-0.2, 0) is 11.4 Å². The van der Waals surface area contributed by atoms with E-state index in [9.17, 15) is 14.9 Å². The molecule has 1 amide bonds. The number of benzene rings is 3. The van der Waals surface area contributed by atoms with Crippen molar-refractivity contribution in [3.63, 3.8) is 0 Å². The van der Waals surface area contributed by atoms with Gasteiger partial charge >= 0.3 is 0 Å². The molecule has 4 rings (SSSR count). The Kier molecular flexibility index (Phi) is 6.95. The first-order valence-electron chi connectivity index (χ1n) is 10.4. The first-order valence-corrected chi connectivity index (χ1v) is 12.0. The van der Waals surface area contributed by atoms with Gasteiger partial charge in [0.25, 0.3) is 11.6 Å². The van der Waals surface area contributed by atoms with Crippen LogP contribution >= 0.6 is 31.9 Å². The van der Waals surface area contributed by atoms with Gasteiger partial charge in [-0.15, -0.1) is 0 Å². The molecule has 6 nitrogen and oxygen atoms in total. The summed E-state index contributed by atoms with van der Waals surface area (Å²) in [5, 5.41) is 11.0. The molecule has 0 radical (unpaired) electrons. The fourth-order valence-electron chi connectivity index (χ4n) is 3.77. The van der Waals surface area contributed by atoms with Gasteiger partial charge in [-0.05, 0) is 73.7 Å². The van der Waals surface area contributed by atoms with Crippen LogP contribution in [0.5, 0.6) is 5.75 Å². The standard InChI is InChI=1S/C25H20Br2N2O4/c1-2-10-28-23-9-4-3-8-19(23)20(25(28)30)12-17-13-21(26)24(22(27)14-17)33-15-16-6-5-7-18(11-16)29(31)32/h3-9,11-14H,2,10,15H2,1H3/b20-12-. The molecule has 8 heteroatoms. The molecule has 1 aliphatic heterocycles. The van der Waals surface area contributed by atoms with Crippen LogP contribution in [0.3, 0.4) is 0 Å². The van der Waals surface area contributed by atoms with Gasteiger partial charge in [0, 0.05) is 29.8 Å². The number of halogens is 2. The predicted molar refractivity (Wildman–Crippen MR) is 136 cm³/mol. The Balaban J connectivity index is 1.60. The second-order valence-corrected chi connectivity index (χ2v) is 9.27. The molecular formula is C25H20Br2N2O4. The third-order valence-electron chi connectivity index (χ3n) is 5.24. The third kappa shape index (κ3) is 4.86. The van der Waals surface area contributed by atoms with Crippen molar-refractivity contribution in [2.45, 2.75) is 20.0 Å². The summed E-state index contributed by atoms with van der Waals surface area (Å²) in [6, 6.07) is 17.9. The van der Waals surface area contributed by atoms with Gasteiger partial charge in [0.2, 0.25) is 0 Å². The molecule has 0 fully saturated rings. The summed E-state index contributed by atoms with van der Waals surface area (Å²) < 4.78 is 7.34. The molecule has 0 aliphatic carbocycles. The van der Waals surface area contributed by atoms with Gasteiger partial charge in [0.15, 0.2) is 0 Å². The van der Waals surface area contributed by atoms with Crippen LogP contribution in [0.1, 0.15) is 30.0 Å². The number of rotatable bonds is 7. The monoisotopic (exact) mass is 570 g/mol. The molecule has 3 aromatic rings. The van der Waals surface area contributed by atoms with E-state index in [1.54, 1.807) is 12.1 Å². The summed E-state index contributed by atoms with van der Waals surface area (Å²) in [5.74, 6) is 0.575. The molecule has 0 N–H and O–H groups in total. The smallest absolute Gasteiger partial charge is 0.269 e. The minimum Gasteiger partial charge on any atom is -0.487 e. The molecule has 0 saturated carbocycles. The second-order valence-electron chi connectivity index (χ2n) is 7.56. The maximum absolute atomic E-state index is 13.1. The number of amides is 1. The Morgan fingerprint density at radius 1 is 1.06 bits per heavy atom. The van der Waals surface area contributed by atoms with Crippen molar-refractivity contribution in [1.29, 1.82) is 0 Å². The highest BCUT2D eigenvalue weighted by molar-refractivity contribution is 9.11. The highest BCUT2D eigenvalue weighted by atomic mass is 79.9. The average Bonchev–Trinajstić information content (AvgIpc) is 3.05. The SMILES string of the molecule is CCCN1C(=O)/C(=C\c2cc(Br)c(OCc3cccc([N+](=O)[O-])c3)c(Br)c2)c2ccccc21. The third-order valence-corrected chi connectivity index (χ3v) is 6.42. The molecule has 0 aromatic heterocycles. The van der Waals surface area contributed by atoms with Gasteiger partial charge in [-0.3, -0.25) is 14.9 Å². The number of non-ortho nitro benzene ring substituents is 1. The Bertz CT molecular complexity index is 1250. The maximum atomic E-state index is 13.1. The number of hydrogen-bond donors (Lipinski definition) is 0. The van der Waals surface area contributed by atoms with E-state index in [4.69, 9.17) is 4.74 Å². The van der Waals surface area contributed by atoms with Gasteiger partial charge in [-0.25, -0.2) is 0 Å². The number of carbonyl (C=O) groups is 1. The van der Waals surface area contributed by atoms with Gasteiger partial charge < -0.3 is 9.64 Å². The normalized spacial score (nSPS) is 14.0. The molecule has 1 heterocycles. The molecule has 1 aliphatic rings. The van der Waals surface area contributed by atoms with Gasteiger partial charge in [0.1, 0.15) is 12.4 Å². The van der Waals surface area contributed by atoms with Crippen molar-refractivity contribution in [2.75, 3.05) is 11.4 Å². The number of nitro benzene ring substituents is 1. The summed E-state index contributed by atoms with van der Waals surface area (Å²) in [5.41, 5.74) is 4.07. The average molecular weight is 572 g/mol. The van der Waals surface area contributed by atoms with Crippen LogP contribution in [-0.4, -0.2) is 17.4 Å². The summed E-state index contributed by atoms with van der Waals surface area (Å²) in [6.07, 6.45) is 2.76. The van der Waals surface area contributed by atoms with E-state index in [1.807, 2.05) is 47.4 Å². The second kappa shape index (κ2) is 9.89. The van der Waals surface area contributed by atoms with Crippen molar-refractivity contribution in [1.82, 2.24) is 0 Å². The van der Waals surface area contributed by atoms with Crippen molar-refractivity contribution in [3.05, 3.63) is 96.4 Å². The van der Waals surface area contributed by atoms with Crippen LogP contribution in [0, 0.1) is 10.1 Å². The lowest BCUT2D eigenvalue weighted by atomic mass is 10.0. The first kappa shape index (κ1) is 23.2. The van der Waals surface area contributed by atoms with E-state index in [2.05, 4.69) is 38.8 Å². The number of carbonyl (C=O) groups excluding carboxylic acids is 1. The van der Waals surface area contributed by atoms with Crippen molar-refractivity contribution in [3.8, 4) is 5.75 Å². The molecule has 33 heavy (non-hydrogen) atoms. The van der Waals surface area contributed by atoms with Crippen molar-refractivity contribution >= 4 is 60.8 Å². The van der Waals surface area contributed by atoms with E-state index in [-0.39, 0.29) is 18.2 Å². The number of fused-ring (bicyclic) bond motifs is 1. The minimum absolute atomic E-state index is 0.00343. The Morgan fingerprint density at radius 3 is 2.48 bits per heavy atom. The topological polar surface area (TPSA) is 72.7 Å². The highest BCUT2D eigenvalue weighted by Crippen LogP contribution is 2.40. The lowest BCUT2D eigenvalue weighted by Crippen LogP contribution is -2.26. The van der Waals surface area contributed by atoms with Crippen LogP contribution in [0.25, 0.3) is 11.6 Å². The summed E-state index contributed by atoms with van der Waals surface area (Å²) in [6.45, 7) is 2.90. The van der Waals surface area contributed by atoms with E-state index in [0.29, 0.717) is 32.4 Å². The van der Waals surface area contributed by atoms with Crippen LogP contribution < -0.4 is 9.64 Å². The van der Waals surface area contributed by atoms with E-state index in [0.717, 1.165) is 23.2 Å². The number of para-hydroxylation sites is 1. The summed E-state index contributed by atoms with van der Waals surface area (Å²) in [4.78, 5) is 25.5. The number of ether oxygens (including phenoxy) is 1. The molecule has 168 valence electrons. The van der Waals surface area contributed by atoms with Crippen LogP contribution in [0.4, 0.5) is 11.4 Å².